The van der Waals surface area contributed by atoms with E-state index in [1.807, 2.05) is 29.9 Å². The molecule has 0 aliphatic carbocycles. The number of aryl methyl sites for hydroxylation is 1. The molecule has 1 aliphatic rings. The van der Waals surface area contributed by atoms with Crippen LogP contribution in [0.25, 0.3) is 0 Å². The largest absolute Gasteiger partial charge is 0.465 e. The first-order valence-corrected chi connectivity index (χ1v) is 7.69. The lowest BCUT2D eigenvalue weighted by Crippen LogP contribution is -2.39. The lowest BCUT2D eigenvalue weighted by atomic mass is 9.81. The van der Waals surface area contributed by atoms with Crippen LogP contribution in [0.4, 0.5) is 0 Å². The van der Waals surface area contributed by atoms with Crippen LogP contribution >= 0.6 is 11.6 Å². The minimum absolute atomic E-state index is 0.199. The maximum Gasteiger partial charge on any atom is 0.326 e. The predicted octanol–water partition coefficient (Wildman–Crippen LogP) is 2.91. The van der Waals surface area contributed by atoms with Gasteiger partial charge in [0.05, 0.1) is 12.5 Å². The molecule has 2 atom stereocenters. The van der Waals surface area contributed by atoms with Crippen molar-refractivity contribution in [2.45, 2.75) is 12.8 Å². The Morgan fingerprint density at radius 1 is 1.39 bits per heavy atom. The molecule has 6 heteroatoms. The standard InChI is InChI=1S/C17H16ClNO4/c1-3-22-16(20)15-14(12-5-4-8-19(12)2)11-9-10(18)6-7-13(11)23-17(15)21/h4-9,14-15H,3H2,1-2H3/t14-,15+/m1/s1. The van der Waals surface area contributed by atoms with Crippen molar-refractivity contribution in [1.29, 1.82) is 0 Å². The van der Waals surface area contributed by atoms with E-state index in [0.717, 1.165) is 5.69 Å². The first kappa shape index (κ1) is 15.6. The minimum Gasteiger partial charge on any atom is -0.465 e. The molecule has 0 N–H and O–H groups in total. The fourth-order valence-corrected chi connectivity index (χ4v) is 3.12. The smallest absolute Gasteiger partial charge is 0.326 e. The fraction of sp³-hybridized carbons (Fsp3) is 0.294. The maximum absolute atomic E-state index is 12.4. The second-order valence-electron chi connectivity index (χ2n) is 5.35. The molecule has 5 nitrogen and oxygen atoms in total. The molecule has 120 valence electrons. The molecule has 2 heterocycles. The van der Waals surface area contributed by atoms with E-state index < -0.39 is 23.8 Å². The summed E-state index contributed by atoms with van der Waals surface area (Å²) in [6.07, 6.45) is 1.86. The Balaban J connectivity index is 2.18. The number of aromatic nitrogens is 1. The molecule has 0 saturated heterocycles. The van der Waals surface area contributed by atoms with Gasteiger partial charge in [0.25, 0.3) is 0 Å². The summed E-state index contributed by atoms with van der Waals surface area (Å²) in [5.41, 5.74) is 1.53. The highest BCUT2D eigenvalue weighted by atomic mass is 35.5. The van der Waals surface area contributed by atoms with Gasteiger partial charge in [-0.2, -0.15) is 0 Å². The van der Waals surface area contributed by atoms with Crippen LogP contribution in [0.15, 0.2) is 36.5 Å². The third kappa shape index (κ3) is 2.72. The number of halogens is 1. The van der Waals surface area contributed by atoms with Gasteiger partial charge in [0.2, 0.25) is 0 Å². The summed E-state index contributed by atoms with van der Waals surface area (Å²) in [6, 6.07) is 8.77. The van der Waals surface area contributed by atoms with E-state index in [0.29, 0.717) is 16.3 Å². The summed E-state index contributed by atoms with van der Waals surface area (Å²) in [5.74, 6) is -2.32. The third-order valence-corrected chi connectivity index (χ3v) is 4.18. The van der Waals surface area contributed by atoms with Gasteiger partial charge in [-0.05, 0) is 37.3 Å². The van der Waals surface area contributed by atoms with Crippen LogP contribution in [0.3, 0.4) is 0 Å². The Labute approximate surface area is 138 Å². The van der Waals surface area contributed by atoms with E-state index in [-0.39, 0.29) is 6.61 Å². The Morgan fingerprint density at radius 3 is 2.83 bits per heavy atom. The highest BCUT2D eigenvalue weighted by Crippen LogP contribution is 2.43. The van der Waals surface area contributed by atoms with E-state index in [4.69, 9.17) is 21.1 Å². The summed E-state index contributed by atoms with van der Waals surface area (Å²) in [4.78, 5) is 24.8. The molecule has 1 aromatic carbocycles. The minimum atomic E-state index is -1.05. The summed E-state index contributed by atoms with van der Waals surface area (Å²) in [6.45, 7) is 1.90. The molecule has 0 fully saturated rings. The van der Waals surface area contributed by atoms with Crippen LogP contribution in [0.5, 0.6) is 5.75 Å². The second-order valence-corrected chi connectivity index (χ2v) is 5.79. The highest BCUT2D eigenvalue weighted by molar-refractivity contribution is 6.30. The quantitative estimate of drug-likeness (QED) is 0.492. The van der Waals surface area contributed by atoms with Gasteiger partial charge in [0.1, 0.15) is 5.75 Å². The summed E-state index contributed by atoms with van der Waals surface area (Å²) in [7, 11) is 1.86. The molecule has 1 aliphatic heterocycles. The van der Waals surface area contributed by atoms with Gasteiger partial charge in [0, 0.05) is 29.5 Å². The molecule has 0 saturated carbocycles. The van der Waals surface area contributed by atoms with Crippen molar-refractivity contribution in [1.82, 2.24) is 4.57 Å². The monoisotopic (exact) mass is 333 g/mol. The average molecular weight is 334 g/mol. The van der Waals surface area contributed by atoms with E-state index in [1.54, 1.807) is 25.1 Å². The number of carbonyl (C=O) groups excluding carboxylic acids is 2. The number of carbonyl (C=O) groups is 2. The summed E-state index contributed by atoms with van der Waals surface area (Å²) < 4.78 is 12.3. The number of ether oxygens (including phenoxy) is 2. The maximum atomic E-state index is 12.4. The van der Waals surface area contributed by atoms with Crippen molar-refractivity contribution >= 4 is 23.5 Å². The third-order valence-electron chi connectivity index (χ3n) is 3.95. The molecular weight excluding hydrogens is 318 g/mol. The molecule has 23 heavy (non-hydrogen) atoms. The Kier molecular flexibility index (Phi) is 4.13. The van der Waals surface area contributed by atoms with Gasteiger partial charge >= 0.3 is 11.9 Å². The summed E-state index contributed by atoms with van der Waals surface area (Å²) >= 11 is 6.10. The van der Waals surface area contributed by atoms with Gasteiger partial charge in [-0.15, -0.1) is 0 Å². The number of fused-ring (bicyclic) bond motifs is 1. The number of hydrogen-bond donors (Lipinski definition) is 0. The number of rotatable bonds is 3. The Bertz CT molecular complexity index is 768. The van der Waals surface area contributed by atoms with Crippen LogP contribution < -0.4 is 4.74 Å². The molecule has 0 amide bonds. The molecule has 1 aromatic heterocycles. The zero-order valence-corrected chi connectivity index (χ0v) is 13.5. The van der Waals surface area contributed by atoms with Crippen molar-refractivity contribution < 1.29 is 19.1 Å². The van der Waals surface area contributed by atoms with E-state index in [9.17, 15) is 9.59 Å². The van der Waals surface area contributed by atoms with Gasteiger partial charge in [-0.1, -0.05) is 11.6 Å². The molecule has 0 spiro atoms. The summed E-state index contributed by atoms with van der Waals surface area (Å²) in [5, 5.41) is 0.517. The topological polar surface area (TPSA) is 57.5 Å². The molecule has 3 rings (SSSR count). The van der Waals surface area contributed by atoms with Gasteiger partial charge in [-0.3, -0.25) is 9.59 Å². The molecular formula is C17H16ClNO4. The van der Waals surface area contributed by atoms with Gasteiger partial charge < -0.3 is 14.0 Å². The van der Waals surface area contributed by atoms with Crippen LogP contribution in [-0.4, -0.2) is 23.1 Å². The van der Waals surface area contributed by atoms with E-state index in [2.05, 4.69) is 0 Å². The fourth-order valence-electron chi connectivity index (χ4n) is 2.93. The van der Waals surface area contributed by atoms with Crippen molar-refractivity contribution in [3.05, 3.63) is 52.8 Å². The second kappa shape index (κ2) is 6.08. The lowest BCUT2D eigenvalue weighted by molar-refractivity contribution is -0.158. The van der Waals surface area contributed by atoms with Crippen LogP contribution in [0.1, 0.15) is 24.1 Å². The zero-order chi connectivity index (χ0) is 16.6. The number of esters is 2. The van der Waals surface area contributed by atoms with Gasteiger partial charge in [-0.25, -0.2) is 0 Å². The first-order valence-electron chi connectivity index (χ1n) is 7.32. The molecule has 0 bridgehead atoms. The Hall–Kier alpha value is -2.27. The lowest BCUT2D eigenvalue weighted by Gasteiger charge is -2.31. The molecule has 0 radical (unpaired) electrons. The predicted molar refractivity (Wildman–Crippen MR) is 84.5 cm³/mol. The van der Waals surface area contributed by atoms with Gasteiger partial charge in [0.15, 0.2) is 5.92 Å². The first-order chi connectivity index (χ1) is 11.0. The van der Waals surface area contributed by atoms with E-state index >= 15 is 0 Å². The number of benzene rings is 1. The molecule has 2 aromatic rings. The van der Waals surface area contributed by atoms with Crippen molar-refractivity contribution in [2.24, 2.45) is 13.0 Å². The van der Waals surface area contributed by atoms with E-state index in [1.165, 1.54) is 0 Å². The molecule has 0 unspecified atom stereocenters. The number of nitrogens with zero attached hydrogens (tertiary/aromatic N) is 1. The zero-order valence-electron chi connectivity index (χ0n) is 12.8. The van der Waals surface area contributed by atoms with Crippen LogP contribution in [0, 0.1) is 5.92 Å². The number of hydrogen-bond acceptors (Lipinski definition) is 4. The normalized spacial score (nSPS) is 19.9. The van der Waals surface area contributed by atoms with Crippen LogP contribution in [-0.2, 0) is 21.4 Å². The van der Waals surface area contributed by atoms with Crippen LogP contribution in [0.2, 0.25) is 5.02 Å². The highest BCUT2D eigenvalue weighted by Gasteiger charge is 2.45. The van der Waals surface area contributed by atoms with Crippen molar-refractivity contribution in [3.8, 4) is 5.75 Å². The SMILES string of the molecule is CCOC(=O)[C@H]1C(=O)Oc2ccc(Cl)cc2[C@@H]1c1cccn1C. The average Bonchev–Trinajstić information content (AvgIpc) is 2.92. The van der Waals surface area contributed by atoms with Crippen molar-refractivity contribution in [3.63, 3.8) is 0 Å². The van der Waals surface area contributed by atoms with Crippen molar-refractivity contribution in [2.75, 3.05) is 6.61 Å². The Morgan fingerprint density at radius 2 is 2.17 bits per heavy atom.